The third-order valence-corrected chi connectivity index (χ3v) is 21.8. The molecule has 9 aliphatic rings. The molecule has 15 N–H and O–H groups in total. The maximum Gasteiger partial charge on any atom is 0.310 e. The minimum absolute atomic E-state index is 0.0424. The lowest BCUT2D eigenvalue weighted by molar-refractivity contribution is -0.388. The average molecular weight is 1120 g/mol. The molecule has 448 valence electrons. The number of ether oxygens (including phenoxy) is 8. The van der Waals surface area contributed by atoms with Crippen LogP contribution in [0.4, 0.5) is 0 Å². The zero-order valence-electron chi connectivity index (χ0n) is 45.5. The third kappa shape index (κ3) is 9.57. The number of carbonyl (C=O) groups is 1. The van der Waals surface area contributed by atoms with E-state index in [1.54, 1.807) is 0 Å². The number of aliphatic hydroxyl groups is 14. The Balaban J connectivity index is 1.04. The van der Waals surface area contributed by atoms with E-state index >= 15 is 0 Å². The second kappa shape index (κ2) is 22.4. The summed E-state index contributed by atoms with van der Waals surface area (Å²) in [4.78, 5) is 13.4. The van der Waals surface area contributed by atoms with Crippen molar-refractivity contribution in [3.05, 3.63) is 11.6 Å². The van der Waals surface area contributed by atoms with E-state index in [0.717, 1.165) is 12.8 Å². The Morgan fingerprint density at radius 3 is 1.50 bits per heavy atom. The monoisotopic (exact) mass is 1120 g/mol. The molecule has 31 atom stereocenters. The van der Waals surface area contributed by atoms with Gasteiger partial charge in [0, 0.05) is 0 Å². The van der Waals surface area contributed by atoms with Crippen LogP contribution in [0.5, 0.6) is 0 Å². The number of fused-ring (bicyclic) bond motifs is 7. The van der Waals surface area contributed by atoms with Gasteiger partial charge in [0.25, 0.3) is 0 Å². The van der Waals surface area contributed by atoms with Crippen molar-refractivity contribution in [1.29, 1.82) is 0 Å². The zero-order chi connectivity index (χ0) is 57.1. The molecule has 8 fully saturated rings. The fourth-order valence-electron chi connectivity index (χ4n) is 17.0. The summed E-state index contributed by atoms with van der Waals surface area (Å²) in [6.45, 7) is 12.0. The van der Waals surface area contributed by atoms with E-state index in [9.17, 15) is 81.4 Å². The van der Waals surface area contributed by atoms with Gasteiger partial charge in [-0.2, -0.15) is 0 Å². The first kappa shape index (κ1) is 60.9. The molecule has 4 saturated heterocycles. The Morgan fingerprint density at radius 1 is 0.551 bits per heavy atom. The molecule has 0 aromatic rings. The number of hydrogen-bond donors (Lipinski definition) is 15. The zero-order valence-corrected chi connectivity index (χ0v) is 45.5. The van der Waals surface area contributed by atoms with Crippen molar-refractivity contribution in [3.8, 4) is 0 Å². The maximum absolute atomic E-state index is 13.4. The van der Waals surface area contributed by atoms with Crippen molar-refractivity contribution >= 4 is 5.97 Å². The lowest BCUT2D eigenvalue weighted by atomic mass is 9.33. The SMILES string of the molecule is C[C@H]1[C@H](C)CC[C@]2(C(=O)O)CC[C@]3(C)C(=CC[C@@H]4[C@@]5(C)C[C@@H](O[C@@H]6O[C@H](CO)[C@@H](O[C@@H]7O[C@H](CO)[C@H](O)[C@H](O)[C@H]7O)[C@H](O)[C@H]6O)[C@H](O[C@@H]6O[C@H](CO)[C@@H](O[C@@H]7O[C@H](CO)[C@H](O)[C@H](O)[C@H]7O)[C@H](O)[C@H]6O)C(C)(C)[C@@H]5CC[C@]43C)[C@H]12. The lowest BCUT2D eigenvalue weighted by Gasteiger charge is -2.72. The minimum atomic E-state index is -1.94. The van der Waals surface area contributed by atoms with E-state index in [4.69, 9.17) is 37.9 Å². The van der Waals surface area contributed by atoms with Crippen LogP contribution in [0.2, 0.25) is 0 Å². The molecule has 0 unspecified atom stereocenters. The summed E-state index contributed by atoms with van der Waals surface area (Å²) in [6, 6.07) is 0. The Labute approximate surface area is 453 Å². The predicted octanol–water partition coefficient (Wildman–Crippen LogP) is -2.64. The lowest BCUT2D eigenvalue weighted by Crippen LogP contribution is -2.70. The summed E-state index contributed by atoms with van der Waals surface area (Å²) in [7, 11) is 0. The topological polar surface area (TPSA) is 394 Å². The van der Waals surface area contributed by atoms with Crippen molar-refractivity contribution in [2.45, 2.75) is 235 Å². The van der Waals surface area contributed by atoms with Crippen molar-refractivity contribution in [2.75, 3.05) is 26.4 Å². The van der Waals surface area contributed by atoms with Crippen molar-refractivity contribution < 1.29 is 119 Å². The van der Waals surface area contributed by atoms with E-state index in [0.29, 0.717) is 38.0 Å². The molecule has 9 rings (SSSR count). The molecule has 0 aromatic carbocycles. The molecular formula is C54H88O24. The number of allylic oxidation sites excluding steroid dienone is 2. The van der Waals surface area contributed by atoms with Gasteiger partial charge >= 0.3 is 5.97 Å². The largest absolute Gasteiger partial charge is 0.481 e. The van der Waals surface area contributed by atoms with E-state index in [1.807, 2.05) is 13.8 Å². The summed E-state index contributed by atoms with van der Waals surface area (Å²) in [5.41, 5.74) is -1.98. The molecule has 24 heteroatoms. The van der Waals surface area contributed by atoms with Gasteiger partial charge in [0.1, 0.15) is 97.7 Å². The van der Waals surface area contributed by atoms with Gasteiger partial charge in [-0.05, 0) is 103 Å². The van der Waals surface area contributed by atoms with E-state index < -0.39 is 189 Å². The summed E-state index contributed by atoms with van der Waals surface area (Å²) in [5.74, 6) is -0.631. The smallest absolute Gasteiger partial charge is 0.310 e. The molecule has 24 nitrogen and oxygen atoms in total. The molecule has 0 bridgehead atoms. The Hall–Kier alpha value is -1.67. The first-order chi connectivity index (χ1) is 36.6. The van der Waals surface area contributed by atoms with Crippen LogP contribution < -0.4 is 0 Å². The van der Waals surface area contributed by atoms with Crippen LogP contribution in [-0.2, 0) is 42.7 Å². The second-order valence-electron chi connectivity index (χ2n) is 25.9. The number of rotatable bonds is 13. The highest BCUT2D eigenvalue weighted by Crippen LogP contribution is 2.76. The van der Waals surface area contributed by atoms with Crippen molar-refractivity contribution in [1.82, 2.24) is 0 Å². The van der Waals surface area contributed by atoms with E-state index in [-0.39, 0.29) is 35.5 Å². The first-order valence-corrected chi connectivity index (χ1v) is 28.0. The summed E-state index contributed by atoms with van der Waals surface area (Å²) >= 11 is 0. The summed E-state index contributed by atoms with van der Waals surface area (Å²) in [5, 5.41) is 163. The first-order valence-electron chi connectivity index (χ1n) is 28.0. The Morgan fingerprint density at radius 2 is 1.01 bits per heavy atom. The van der Waals surface area contributed by atoms with Gasteiger partial charge in [-0.25, -0.2) is 0 Å². The highest BCUT2D eigenvalue weighted by molar-refractivity contribution is 5.76. The predicted molar refractivity (Wildman–Crippen MR) is 265 cm³/mol. The van der Waals surface area contributed by atoms with Crippen molar-refractivity contribution in [3.63, 3.8) is 0 Å². The van der Waals surface area contributed by atoms with Crippen LogP contribution in [0.3, 0.4) is 0 Å². The number of aliphatic carboxylic acids is 1. The summed E-state index contributed by atoms with van der Waals surface area (Å²) in [6.07, 6.45) is -29.7. The van der Waals surface area contributed by atoms with Crippen LogP contribution in [0.15, 0.2) is 11.6 Å². The second-order valence-corrected chi connectivity index (χ2v) is 25.9. The van der Waals surface area contributed by atoms with E-state index in [2.05, 4.69) is 40.7 Å². The number of hydrogen-bond acceptors (Lipinski definition) is 23. The van der Waals surface area contributed by atoms with Crippen molar-refractivity contribution in [2.24, 2.45) is 56.7 Å². The molecule has 4 saturated carbocycles. The van der Waals surface area contributed by atoms with Gasteiger partial charge in [0.2, 0.25) is 0 Å². The molecule has 4 heterocycles. The highest BCUT2D eigenvalue weighted by atomic mass is 16.8. The van der Waals surface area contributed by atoms with Gasteiger partial charge in [0.15, 0.2) is 25.2 Å². The van der Waals surface area contributed by atoms with Gasteiger partial charge < -0.3 is 114 Å². The van der Waals surface area contributed by atoms with Gasteiger partial charge in [-0.1, -0.05) is 60.1 Å². The molecule has 0 radical (unpaired) electrons. The number of aliphatic hydroxyl groups excluding tert-OH is 14. The fourth-order valence-corrected chi connectivity index (χ4v) is 17.0. The average Bonchev–Trinajstić information content (AvgIpc) is 2.15. The van der Waals surface area contributed by atoms with E-state index in [1.165, 1.54) is 5.57 Å². The molecule has 78 heavy (non-hydrogen) atoms. The van der Waals surface area contributed by atoms with Crippen LogP contribution in [0.25, 0.3) is 0 Å². The summed E-state index contributed by atoms with van der Waals surface area (Å²) < 4.78 is 48.8. The quantitative estimate of drug-likeness (QED) is 0.0662. The molecule has 0 spiro atoms. The van der Waals surface area contributed by atoms with Gasteiger partial charge in [-0.3, -0.25) is 4.79 Å². The minimum Gasteiger partial charge on any atom is -0.481 e. The molecule has 5 aliphatic carbocycles. The van der Waals surface area contributed by atoms with Crippen LogP contribution in [0, 0.1) is 56.7 Å². The number of carboxylic acids is 1. The molecular weight excluding hydrogens is 1030 g/mol. The Bertz CT molecular complexity index is 2130. The van der Waals surface area contributed by atoms with Gasteiger partial charge in [0.05, 0.1) is 44.1 Å². The highest BCUT2D eigenvalue weighted by Gasteiger charge is 2.71. The van der Waals surface area contributed by atoms with Crippen LogP contribution >= 0.6 is 0 Å². The third-order valence-electron chi connectivity index (χ3n) is 21.8. The maximum atomic E-state index is 13.4. The molecule has 0 aromatic heterocycles. The number of carboxylic acid groups (broad SMARTS) is 1. The molecule has 4 aliphatic heterocycles. The normalized spacial score (nSPS) is 55.1. The van der Waals surface area contributed by atoms with Crippen LogP contribution in [0.1, 0.15) is 99.8 Å². The van der Waals surface area contributed by atoms with Gasteiger partial charge in [-0.15, -0.1) is 0 Å². The Kier molecular flexibility index (Phi) is 17.5. The fraction of sp³-hybridized carbons (Fsp3) is 0.944. The van der Waals surface area contributed by atoms with Crippen LogP contribution in [-0.4, -0.2) is 244 Å². The molecule has 0 amide bonds. The standard InChI is InChI=1S/C54H88O24/c1-21-10-13-54(49(69)70)15-14-52(6)23(31(54)22(21)2)8-9-30-51(5)16-24(71-45-40(67)36(63)42(27(19-57)74-45)76-46-38(65)34(61)32(59)25(17-55)72-46)44(50(3,4)29(51)11-12-53(30,52)7)78-48-41(68)37(64)43(28(20-58)75-48)77-47-39(66)35(62)33(60)26(18-56)73-47/h8,21-22,24-48,55-68H,9-20H2,1-7H3,(H,69,70)/t21-,22+,24-,25-,26-,27-,28-,29+,30-,31+,32+,33+,34+,35+,36-,37-,38-,39-,40-,41-,42-,43-,44+,45-,46+,47+,48+,51+,52-,53-,54+/m1/s1.